The maximum Gasteiger partial charge on any atom is 0.262 e. The minimum atomic E-state index is -0.498. The lowest BCUT2D eigenvalue weighted by molar-refractivity contribution is 0.105. The van der Waals surface area contributed by atoms with Crippen molar-refractivity contribution in [2.75, 3.05) is 0 Å². The number of allylic oxidation sites excluding steroid dienone is 4. The third kappa shape index (κ3) is 5.95. The van der Waals surface area contributed by atoms with E-state index in [0.29, 0.717) is 5.56 Å². The van der Waals surface area contributed by atoms with Crippen molar-refractivity contribution in [3.8, 4) is 6.07 Å². The Morgan fingerprint density at radius 1 is 0.900 bits per heavy atom. The highest BCUT2D eigenvalue weighted by molar-refractivity contribution is 6.08. The number of hydrogen-bond acceptors (Lipinski definition) is 2. The van der Waals surface area contributed by atoms with Gasteiger partial charge in [-0.3, -0.25) is 4.79 Å². The van der Waals surface area contributed by atoms with Crippen LogP contribution >= 0.6 is 0 Å². The van der Waals surface area contributed by atoms with Crippen molar-refractivity contribution in [1.29, 1.82) is 5.26 Å². The van der Waals surface area contributed by atoms with Crippen molar-refractivity contribution in [2.24, 2.45) is 0 Å². The zero-order chi connectivity index (χ0) is 28.8. The summed E-state index contributed by atoms with van der Waals surface area (Å²) >= 11 is 0. The van der Waals surface area contributed by atoms with Crippen LogP contribution in [0.1, 0.15) is 106 Å². The first-order valence-corrected chi connectivity index (χ1v) is 14.7. The van der Waals surface area contributed by atoms with Gasteiger partial charge in [0.25, 0.3) is 5.78 Å². The fourth-order valence-corrected chi connectivity index (χ4v) is 6.04. The summed E-state index contributed by atoms with van der Waals surface area (Å²) in [5, 5.41) is 8.82. The number of hydrogen-bond donors (Lipinski definition) is 0. The Bertz CT molecular complexity index is 1560. The quantitative estimate of drug-likeness (QED) is 0.185. The Balaban J connectivity index is 0.000000194. The van der Waals surface area contributed by atoms with Gasteiger partial charge in [0.05, 0.1) is 0 Å². The van der Waals surface area contributed by atoms with Crippen molar-refractivity contribution >= 4 is 16.9 Å². The molecule has 0 amide bonds. The topological polar surface area (TPSA) is 40.9 Å². The lowest BCUT2D eigenvalue weighted by atomic mass is 9.78. The molecule has 40 heavy (non-hydrogen) atoms. The van der Waals surface area contributed by atoms with Gasteiger partial charge in [0.15, 0.2) is 0 Å². The molecule has 0 aliphatic heterocycles. The normalized spacial score (nSPS) is 13.4. The van der Waals surface area contributed by atoms with E-state index in [1.54, 1.807) is 12.1 Å². The first-order valence-electron chi connectivity index (χ1n) is 14.7. The Morgan fingerprint density at radius 2 is 1.65 bits per heavy atom. The molecule has 5 rings (SSSR count). The average molecular weight is 528 g/mol. The Hall–Kier alpha value is -3.96. The molecule has 0 spiro atoms. The first-order chi connectivity index (χ1) is 19.3. The molecule has 0 heterocycles. The van der Waals surface area contributed by atoms with Crippen molar-refractivity contribution < 1.29 is 4.79 Å². The highest BCUT2D eigenvalue weighted by Crippen LogP contribution is 2.38. The predicted octanol–water partition coefficient (Wildman–Crippen LogP) is 9.47. The summed E-state index contributed by atoms with van der Waals surface area (Å²) in [6, 6.07) is 16.3. The Labute approximate surface area is 240 Å². The van der Waals surface area contributed by atoms with E-state index >= 15 is 0 Å². The molecule has 2 aliphatic carbocycles. The van der Waals surface area contributed by atoms with E-state index in [9.17, 15) is 4.79 Å². The molecule has 204 valence electrons. The SMILES string of the molecule is C=C1c2cc(C(=O)C#N)ccc2Cc2c1ccc(C)c2CCC.CCc1cc(C)c(C2=CCCC=C2)cc1CC. The van der Waals surface area contributed by atoms with E-state index in [1.165, 1.54) is 68.5 Å². The standard InChI is InChI=1S/C21H19NO.C17H22/c1-4-5-17-13(2)6-9-18-14(3)19-11-16(21(23)12-22)8-7-15(19)10-20(17)18;1-4-14-11-13(3)17(12-15(14)5-2)16-9-7-6-8-10-16/h6-9,11H,3-5,10H2,1-2H3;7,9-12H,4-6,8H2,1-3H3. The molecule has 2 heteroatoms. The molecule has 0 radical (unpaired) electrons. The van der Waals surface area contributed by atoms with Crippen LogP contribution in [0.3, 0.4) is 0 Å². The van der Waals surface area contributed by atoms with Gasteiger partial charge in [-0.05, 0) is 131 Å². The summed E-state index contributed by atoms with van der Waals surface area (Å²) in [6.07, 6.45) is 14.6. The molecule has 0 saturated heterocycles. The van der Waals surface area contributed by atoms with Crippen LogP contribution in [-0.2, 0) is 25.7 Å². The number of carbonyl (C=O) groups excluding carboxylic acids is 1. The number of fused-ring (bicyclic) bond motifs is 2. The Kier molecular flexibility index (Phi) is 9.38. The van der Waals surface area contributed by atoms with Gasteiger partial charge < -0.3 is 0 Å². The van der Waals surface area contributed by atoms with Crippen LogP contribution in [0.4, 0.5) is 0 Å². The summed E-state index contributed by atoms with van der Waals surface area (Å²) in [6.45, 7) is 15.3. The van der Waals surface area contributed by atoms with E-state index in [1.807, 2.05) is 12.1 Å². The molecule has 3 aromatic carbocycles. The van der Waals surface area contributed by atoms with Gasteiger partial charge in [0.1, 0.15) is 6.07 Å². The maximum absolute atomic E-state index is 11.6. The smallest absolute Gasteiger partial charge is 0.262 e. The Morgan fingerprint density at radius 3 is 2.30 bits per heavy atom. The second kappa shape index (κ2) is 12.9. The zero-order valence-electron chi connectivity index (χ0n) is 24.8. The minimum absolute atomic E-state index is 0.441. The summed E-state index contributed by atoms with van der Waals surface area (Å²) in [7, 11) is 0. The average Bonchev–Trinajstić information content (AvgIpc) is 2.98. The predicted molar refractivity (Wildman–Crippen MR) is 169 cm³/mol. The van der Waals surface area contributed by atoms with Crippen LogP contribution in [0, 0.1) is 25.2 Å². The lowest BCUT2D eigenvalue weighted by Gasteiger charge is -2.26. The van der Waals surface area contributed by atoms with Crippen LogP contribution in [0.15, 0.2) is 67.3 Å². The van der Waals surface area contributed by atoms with Gasteiger partial charge in [0.2, 0.25) is 0 Å². The molecule has 3 aromatic rings. The van der Waals surface area contributed by atoms with E-state index in [2.05, 4.69) is 83.7 Å². The van der Waals surface area contributed by atoms with E-state index < -0.39 is 5.78 Å². The minimum Gasteiger partial charge on any atom is -0.277 e. The molecule has 0 bridgehead atoms. The molecule has 0 atom stereocenters. The number of aryl methyl sites for hydroxylation is 4. The van der Waals surface area contributed by atoms with Crippen LogP contribution in [-0.4, -0.2) is 5.78 Å². The fourth-order valence-electron chi connectivity index (χ4n) is 6.04. The van der Waals surface area contributed by atoms with Crippen molar-refractivity contribution in [3.63, 3.8) is 0 Å². The molecule has 0 fully saturated rings. The second-order valence-electron chi connectivity index (χ2n) is 10.9. The van der Waals surface area contributed by atoms with Crippen LogP contribution < -0.4 is 0 Å². The fraction of sp³-hybridized carbons (Fsp3) is 0.316. The third-order valence-electron chi connectivity index (χ3n) is 8.27. The van der Waals surface area contributed by atoms with E-state index in [4.69, 9.17) is 5.26 Å². The first kappa shape index (κ1) is 29.0. The van der Waals surface area contributed by atoms with Gasteiger partial charge in [-0.2, -0.15) is 5.26 Å². The molecule has 2 aliphatic rings. The van der Waals surface area contributed by atoms with Crippen molar-refractivity contribution in [2.45, 2.75) is 79.6 Å². The monoisotopic (exact) mass is 527 g/mol. The van der Waals surface area contributed by atoms with Gasteiger partial charge in [-0.1, -0.05) is 82.3 Å². The number of Topliss-reactive ketones (excluding diaryl/α,β-unsaturated/α-hetero) is 1. The third-order valence-corrected chi connectivity index (χ3v) is 8.27. The van der Waals surface area contributed by atoms with Crippen LogP contribution in [0.2, 0.25) is 0 Å². The summed E-state index contributed by atoms with van der Waals surface area (Å²) in [5.41, 5.74) is 16.1. The van der Waals surface area contributed by atoms with Crippen molar-refractivity contribution in [1.82, 2.24) is 0 Å². The highest BCUT2D eigenvalue weighted by atomic mass is 16.1. The van der Waals surface area contributed by atoms with Crippen LogP contribution in [0.25, 0.3) is 11.1 Å². The largest absolute Gasteiger partial charge is 0.277 e. The van der Waals surface area contributed by atoms with Gasteiger partial charge in [-0.15, -0.1) is 0 Å². The van der Waals surface area contributed by atoms with Crippen LogP contribution in [0.5, 0.6) is 0 Å². The number of nitriles is 1. The molecule has 0 unspecified atom stereocenters. The van der Waals surface area contributed by atoms with Gasteiger partial charge >= 0.3 is 0 Å². The number of rotatable bonds is 6. The van der Waals surface area contributed by atoms with Gasteiger partial charge in [-0.25, -0.2) is 0 Å². The number of carbonyl (C=O) groups is 1. The molecule has 2 nitrogen and oxygen atoms in total. The number of benzene rings is 3. The highest BCUT2D eigenvalue weighted by Gasteiger charge is 2.23. The number of ketones is 1. The lowest BCUT2D eigenvalue weighted by Crippen LogP contribution is -2.11. The number of nitrogens with zero attached hydrogens (tertiary/aromatic N) is 1. The molecule has 0 N–H and O–H groups in total. The molecule has 0 aromatic heterocycles. The summed E-state index contributed by atoms with van der Waals surface area (Å²) in [4.78, 5) is 11.6. The maximum atomic E-state index is 11.6. The van der Waals surface area contributed by atoms with Gasteiger partial charge in [0, 0.05) is 5.56 Å². The van der Waals surface area contributed by atoms with E-state index in [0.717, 1.165) is 43.2 Å². The molecule has 0 saturated carbocycles. The van der Waals surface area contributed by atoms with Crippen molar-refractivity contribution in [3.05, 3.63) is 128 Å². The molecular weight excluding hydrogens is 486 g/mol. The van der Waals surface area contributed by atoms with E-state index in [-0.39, 0.29) is 0 Å². The summed E-state index contributed by atoms with van der Waals surface area (Å²) < 4.78 is 0. The summed E-state index contributed by atoms with van der Waals surface area (Å²) in [5.74, 6) is -0.498. The molecular formula is C38H41NO. The zero-order valence-corrected chi connectivity index (χ0v) is 24.8. The second-order valence-corrected chi connectivity index (χ2v) is 10.9.